The highest BCUT2D eigenvalue weighted by molar-refractivity contribution is 5.94. The Morgan fingerprint density at radius 1 is 1.20 bits per heavy atom. The highest BCUT2D eigenvalue weighted by Gasteiger charge is 2.06. The average Bonchev–Trinajstić information content (AvgIpc) is 2.93. The first kappa shape index (κ1) is 12.2. The van der Waals surface area contributed by atoms with E-state index >= 15 is 0 Å². The van der Waals surface area contributed by atoms with Crippen LogP contribution in [0, 0.1) is 0 Å². The molecule has 3 rings (SSSR count). The van der Waals surface area contributed by atoms with Crippen LogP contribution in [0.4, 0.5) is 0 Å². The number of aromatic hydroxyl groups is 1. The number of pyridine rings is 1. The molecule has 2 heterocycles. The standard InChI is InChI=1S/C15H13N3O2/c19-14-5-1-11(2-6-14)7-17-15(20)12-3-4-13-8-16-10-18(13)9-12/h1-6,8-10,19H,7H2,(H,17,20). The van der Waals surface area contributed by atoms with Crippen molar-refractivity contribution in [2.45, 2.75) is 6.54 Å². The van der Waals surface area contributed by atoms with Gasteiger partial charge in [0.1, 0.15) is 5.75 Å². The van der Waals surface area contributed by atoms with E-state index in [0.29, 0.717) is 12.1 Å². The zero-order valence-corrected chi connectivity index (χ0v) is 10.7. The first-order chi connectivity index (χ1) is 9.72. The molecule has 0 aliphatic carbocycles. The van der Waals surface area contributed by atoms with Gasteiger partial charge in [0.15, 0.2) is 0 Å². The summed E-state index contributed by atoms with van der Waals surface area (Å²) in [5, 5.41) is 12.0. The number of benzene rings is 1. The second kappa shape index (κ2) is 5.05. The number of hydrogen-bond acceptors (Lipinski definition) is 3. The lowest BCUT2D eigenvalue weighted by molar-refractivity contribution is 0.0950. The molecular weight excluding hydrogens is 254 g/mol. The normalized spacial score (nSPS) is 10.6. The molecule has 0 spiro atoms. The number of phenolic OH excluding ortho intramolecular Hbond substituents is 1. The van der Waals surface area contributed by atoms with Crippen molar-refractivity contribution in [2.24, 2.45) is 0 Å². The predicted molar refractivity (Wildman–Crippen MR) is 74.5 cm³/mol. The molecule has 5 nitrogen and oxygen atoms in total. The molecule has 1 amide bonds. The summed E-state index contributed by atoms with van der Waals surface area (Å²) in [6.07, 6.45) is 5.14. The topological polar surface area (TPSA) is 66.6 Å². The summed E-state index contributed by atoms with van der Waals surface area (Å²) >= 11 is 0. The summed E-state index contributed by atoms with van der Waals surface area (Å²) in [4.78, 5) is 16.1. The van der Waals surface area contributed by atoms with Crippen LogP contribution in [0.3, 0.4) is 0 Å². The van der Waals surface area contributed by atoms with Crippen molar-refractivity contribution in [2.75, 3.05) is 0 Å². The summed E-state index contributed by atoms with van der Waals surface area (Å²) in [7, 11) is 0. The van der Waals surface area contributed by atoms with Gasteiger partial charge in [-0.25, -0.2) is 4.98 Å². The van der Waals surface area contributed by atoms with Crippen LogP contribution in [-0.2, 0) is 6.54 Å². The van der Waals surface area contributed by atoms with Crippen molar-refractivity contribution in [1.29, 1.82) is 0 Å². The van der Waals surface area contributed by atoms with Gasteiger partial charge in [-0.3, -0.25) is 4.79 Å². The highest BCUT2D eigenvalue weighted by Crippen LogP contribution is 2.10. The largest absolute Gasteiger partial charge is 0.508 e. The summed E-state index contributed by atoms with van der Waals surface area (Å²) in [5.74, 6) is 0.0688. The van der Waals surface area contributed by atoms with Crippen molar-refractivity contribution in [3.05, 3.63) is 66.2 Å². The van der Waals surface area contributed by atoms with Crippen LogP contribution in [0.1, 0.15) is 15.9 Å². The van der Waals surface area contributed by atoms with Gasteiger partial charge in [0.2, 0.25) is 0 Å². The van der Waals surface area contributed by atoms with Crippen LogP contribution in [0.5, 0.6) is 5.75 Å². The van der Waals surface area contributed by atoms with E-state index in [4.69, 9.17) is 0 Å². The lowest BCUT2D eigenvalue weighted by Gasteiger charge is -2.06. The molecule has 0 unspecified atom stereocenters. The second-order valence-electron chi connectivity index (χ2n) is 4.49. The zero-order valence-electron chi connectivity index (χ0n) is 10.7. The van der Waals surface area contributed by atoms with E-state index < -0.39 is 0 Å². The Morgan fingerprint density at radius 3 is 2.80 bits per heavy atom. The van der Waals surface area contributed by atoms with Crippen LogP contribution in [0.15, 0.2) is 55.1 Å². The molecular formula is C15H13N3O2. The number of fused-ring (bicyclic) bond motifs is 1. The fraction of sp³-hybridized carbons (Fsp3) is 0.0667. The predicted octanol–water partition coefficient (Wildman–Crippen LogP) is 1.97. The monoisotopic (exact) mass is 267 g/mol. The molecule has 0 saturated carbocycles. The van der Waals surface area contributed by atoms with Gasteiger partial charge >= 0.3 is 0 Å². The van der Waals surface area contributed by atoms with Gasteiger partial charge in [0, 0.05) is 12.7 Å². The smallest absolute Gasteiger partial charge is 0.253 e. The number of hydrogen-bond donors (Lipinski definition) is 2. The number of rotatable bonds is 3. The Kier molecular flexibility index (Phi) is 3.09. The molecule has 0 bridgehead atoms. The third kappa shape index (κ3) is 2.47. The van der Waals surface area contributed by atoms with Crippen molar-refractivity contribution in [3.63, 3.8) is 0 Å². The van der Waals surface area contributed by atoms with Gasteiger partial charge in [-0.15, -0.1) is 0 Å². The summed E-state index contributed by atoms with van der Waals surface area (Å²) in [6.45, 7) is 0.418. The fourth-order valence-corrected chi connectivity index (χ4v) is 1.95. The van der Waals surface area contributed by atoms with E-state index in [1.165, 1.54) is 0 Å². The van der Waals surface area contributed by atoms with E-state index in [1.54, 1.807) is 53.5 Å². The first-order valence-corrected chi connectivity index (χ1v) is 6.20. The summed E-state index contributed by atoms with van der Waals surface area (Å²) in [6, 6.07) is 10.4. The molecule has 20 heavy (non-hydrogen) atoms. The Balaban J connectivity index is 1.70. The number of phenols is 1. The Hall–Kier alpha value is -2.82. The maximum atomic E-state index is 12.1. The van der Waals surface area contributed by atoms with Gasteiger partial charge in [-0.05, 0) is 29.8 Å². The molecule has 0 radical (unpaired) electrons. The minimum Gasteiger partial charge on any atom is -0.508 e. The van der Waals surface area contributed by atoms with Crippen LogP contribution >= 0.6 is 0 Å². The average molecular weight is 267 g/mol. The summed E-state index contributed by atoms with van der Waals surface area (Å²) in [5.41, 5.74) is 2.45. The lowest BCUT2D eigenvalue weighted by atomic mass is 10.2. The number of carbonyl (C=O) groups excluding carboxylic acids is 1. The maximum absolute atomic E-state index is 12.1. The molecule has 2 aromatic heterocycles. The van der Waals surface area contributed by atoms with Crippen molar-refractivity contribution in [3.8, 4) is 5.75 Å². The molecule has 100 valence electrons. The van der Waals surface area contributed by atoms with Crippen LogP contribution in [0.25, 0.3) is 5.52 Å². The number of nitrogens with one attached hydrogen (secondary N) is 1. The molecule has 3 aromatic rings. The third-order valence-electron chi connectivity index (χ3n) is 3.06. The molecule has 5 heteroatoms. The lowest BCUT2D eigenvalue weighted by Crippen LogP contribution is -2.23. The van der Waals surface area contributed by atoms with E-state index in [1.807, 2.05) is 6.07 Å². The molecule has 1 aromatic carbocycles. The quantitative estimate of drug-likeness (QED) is 0.762. The minimum absolute atomic E-state index is 0.145. The molecule has 0 fully saturated rings. The van der Waals surface area contributed by atoms with Gasteiger partial charge in [-0.2, -0.15) is 0 Å². The van der Waals surface area contributed by atoms with Crippen LogP contribution in [-0.4, -0.2) is 20.4 Å². The van der Waals surface area contributed by atoms with E-state index in [-0.39, 0.29) is 11.7 Å². The minimum atomic E-state index is -0.145. The summed E-state index contributed by atoms with van der Waals surface area (Å²) < 4.78 is 1.80. The van der Waals surface area contributed by atoms with Gasteiger partial charge in [0.05, 0.1) is 23.6 Å². The van der Waals surface area contributed by atoms with E-state index in [2.05, 4.69) is 10.3 Å². The molecule has 0 aliphatic heterocycles. The van der Waals surface area contributed by atoms with E-state index in [0.717, 1.165) is 11.1 Å². The number of aromatic nitrogens is 2. The molecule has 0 atom stereocenters. The van der Waals surface area contributed by atoms with Crippen molar-refractivity contribution in [1.82, 2.24) is 14.7 Å². The first-order valence-electron chi connectivity index (χ1n) is 6.20. The van der Waals surface area contributed by atoms with E-state index in [9.17, 15) is 9.90 Å². The van der Waals surface area contributed by atoms with Crippen molar-refractivity contribution < 1.29 is 9.90 Å². The number of imidazole rings is 1. The van der Waals surface area contributed by atoms with Crippen molar-refractivity contribution >= 4 is 11.4 Å². The zero-order chi connectivity index (χ0) is 13.9. The fourth-order valence-electron chi connectivity index (χ4n) is 1.95. The second-order valence-corrected chi connectivity index (χ2v) is 4.49. The third-order valence-corrected chi connectivity index (χ3v) is 3.06. The molecule has 0 saturated heterocycles. The maximum Gasteiger partial charge on any atom is 0.253 e. The Bertz CT molecular complexity index is 747. The molecule has 0 aliphatic rings. The van der Waals surface area contributed by atoms with Gasteiger partial charge < -0.3 is 14.8 Å². The van der Waals surface area contributed by atoms with Gasteiger partial charge in [0.25, 0.3) is 5.91 Å². The SMILES string of the molecule is O=C(NCc1ccc(O)cc1)c1ccc2cncn2c1. The van der Waals surface area contributed by atoms with Crippen LogP contribution in [0.2, 0.25) is 0 Å². The van der Waals surface area contributed by atoms with Gasteiger partial charge in [-0.1, -0.05) is 12.1 Å². The number of carbonyl (C=O) groups is 1. The highest BCUT2D eigenvalue weighted by atomic mass is 16.3. The van der Waals surface area contributed by atoms with Crippen LogP contribution < -0.4 is 5.32 Å². The Morgan fingerprint density at radius 2 is 2.00 bits per heavy atom. The Labute approximate surface area is 115 Å². The number of nitrogens with zero attached hydrogens (tertiary/aromatic N) is 2. The molecule has 2 N–H and O–H groups in total. The number of amides is 1.